The van der Waals surface area contributed by atoms with Crippen molar-refractivity contribution in [2.45, 2.75) is 44.3 Å². The van der Waals surface area contributed by atoms with E-state index in [-0.39, 0.29) is 31.2 Å². The maximum Gasteiger partial charge on any atom is 0.391 e. The molecule has 1 aliphatic carbocycles. The first-order valence-electron chi connectivity index (χ1n) is 8.26. The van der Waals surface area contributed by atoms with Crippen LogP contribution in [-0.4, -0.2) is 18.1 Å². The van der Waals surface area contributed by atoms with Crippen LogP contribution < -0.4 is 5.32 Å². The number of fused-ring (bicyclic) bond motifs is 1. The minimum atomic E-state index is -4.17. The highest BCUT2D eigenvalue weighted by Gasteiger charge is 2.42. The van der Waals surface area contributed by atoms with Crippen LogP contribution in [0, 0.1) is 5.92 Å². The number of alkyl halides is 3. The summed E-state index contributed by atoms with van der Waals surface area (Å²) in [6, 6.07) is 13.2. The third-order valence-electron chi connectivity index (χ3n) is 4.73. The van der Waals surface area contributed by atoms with Crippen LogP contribution in [0.3, 0.4) is 0 Å². The molecule has 2 atom stereocenters. The Morgan fingerprint density at radius 3 is 2.62 bits per heavy atom. The highest BCUT2D eigenvalue weighted by molar-refractivity contribution is 5.90. The molecule has 128 valence electrons. The van der Waals surface area contributed by atoms with Crippen LogP contribution in [0.15, 0.2) is 42.5 Å². The summed E-state index contributed by atoms with van der Waals surface area (Å²) in [5.74, 6) is -1.51. The van der Waals surface area contributed by atoms with Crippen molar-refractivity contribution in [3.05, 3.63) is 48.0 Å². The van der Waals surface area contributed by atoms with Gasteiger partial charge in [-0.25, -0.2) is 0 Å². The summed E-state index contributed by atoms with van der Waals surface area (Å²) in [4.78, 5) is 12.3. The summed E-state index contributed by atoms with van der Waals surface area (Å²) in [7, 11) is 0. The normalized spacial score (nSPS) is 21.6. The van der Waals surface area contributed by atoms with Gasteiger partial charge in [-0.2, -0.15) is 13.2 Å². The van der Waals surface area contributed by atoms with Crippen molar-refractivity contribution in [2.75, 3.05) is 0 Å². The Bertz CT molecular complexity index is 721. The van der Waals surface area contributed by atoms with Crippen LogP contribution in [0.5, 0.6) is 0 Å². The van der Waals surface area contributed by atoms with Crippen molar-refractivity contribution in [1.82, 2.24) is 5.32 Å². The Morgan fingerprint density at radius 2 is 1.83 bits per heavy atom. The summed E-state index contributed by atoms with van der Waals surface area (Å²) < 4.78 is 38.6. The predicted molar refractivity (Wildman–Crippen MR) is 87.6 cm³/mol. The van der Waals surface area contributed by atoms with Gasteiger partial charge >= 0.3 is 6.18 Å². The van der Waals surface area contributed by atoms with Crippen molar-refractivity contribution in [2.24, 2.45) is 5.92 Å². The van der Waals surface area contributed by atoms with Crippen LogP contribution in [-0.2, 0) is 11.2 Å². The van der Waals surface area contributed by atoms with E-state index in [0.29, 0.717) is 12.8 Å². The molecule has 1 amide bonds. The largest absolute Gasteiger partial charge is 0.391 e. The minimum absolute atomic E-state index is 0.00915. The Hall–Kier alpha value is -2.04. The number of hydrogen-bond acceptors (Lipinski definition) is 1. The van der Waals surface area contributed by atoms with Crippen molar-refractivity contribution in [1.29, 1.82) is 0 Å². The molecule has 0 spiro atoms. The van der Waals surface area contributed by atoms with Gasteiger partial charge in [0.05, 0.1) is 12.3 Å². The number of carbonyl (C=O) groups excluding carboxylic acids is 1. The first-order chi connectivity index (χ1) is 11.4. The highest BCUT2D eigenvalue weighted by Crippen LogP contribution is 2.37. The molecule has 1 N–H and O–H groups in total. The summed E-state index contributed by atoms with van der Waals surface area (Å²) in [5, 5.41) is 4.85. The molecule has 24 heavy (non-hydrogen) atoms. The number of benzene rings is 2. The Morgan fingerprint density at radius 1 is 1.08 bits per heavy atom. The second kappa shape index (κ2) is 6.83. The third kappa shape index (κ3) is 3.89. The molecule has 1 saturated carbocycles. The molecule has 1 aliphatic rings. The Kier molecular flexibility index (Phi) is 4.78. The van der Waals surface area contributed by atoms with E-state index in [4.69, 9.17) is 0 Å². The van der Waals surface area contributed by atoms with Gasteiger partial charge in [-0.1, -0.05) is 48.9 Å². The molecular formula is C19H20F3NO. The van der Waals surface area contributed by atoms with Crippen LogP contribution in [0.25, 0.3) is 10.8 Å². The molecule has 1 fully saturated rings. The molecule has 0 aromatic heterocycles. The number of nitrogens with one attached hydrogen (secondary N) is 1. The lowest BCUT2D eigenvalue weighted by Gasteiger charge is -2.31. The SMILES string of the molecule is O=C(Cc1cccc2ccccc12)N[C@H]1CCC[C@@H](C(F)(F)F)C1. The first-order valence-corrected chi connectivity index (χ1v) is 8.26. The molecule has 2 aromatic rings. The molecule has 0 bridgehead atoms. The molecule has 0 aliphatic heterocycles. The number of rotatable bonds is 3. The average Bonchev–Trinajstić information content (AvgIpc) is 2.54. The van der Waals surface area contributed by atoms with Gasteiger partial charge < -0.3 is 5.32 Å². The van der Waals surface area contributed by atoms with Crippen LogP contribution in [0.2, 0.25) is 0 Å². The third-order valence-corrected chi connectivity index (χ3v) is 4.73. The zero-order valence-electron chi connectivity index (χ0n) is 13.3. The van der Waals surface area contributed by atoms with Crippen LogP contribution in [0.4, 0.5) is 13.2 Å². The van der Waals surface area contributed by atoms with E-state index in [0.717, 1.165) is 16.3 Å². The number of halogens is 3. The van der Waals surface area contributed by atoms with Crippen molar-refractivity contribution in [3.63, 3.8) is 0 Å². The van der Waals surface area contributed by atoms with Gasteiger partial charge in [0.25, 0.3) is 0 Å². The molecule has 3 rings (SSSR count). The number of hydrogen-bond donors (Lipinski definition) is 1. The summed E-state index contributed by atoms with van der Waals surface area (Å²) in [5.41, 5.74) is 0.897. The maximum absolute atomic E-state index is 12.9. The molecular weight excluding hydrogens is 315 g/mol. The lowest BCUT2D eigenvalue weighted by Crippen LogP contribution is -2.42. The smallest absolute Gasteiger partial charge is 0.353 e. The van der Waals surface area contributed by atoms with Gasteiger partial charge in [0.15, 0.2) is 0 Å². The van der Waals surface area contributed by atoms with Gasteiger partial charge in [-0.05, 0) is 35.6 Å². The molecule has 0 heterocycles. The van der Waals surface area contributed by atoms with Gasteiger partial charge in [0, 0.05) is 6.04 Å². The standard InChI is InChI=1S/C19H20F3NO/c20-19(21,22)15-8-4-9-16(12-15)23-18(24)11-14-7-3-6-13-5-1-2-10-17(13)14/h1-3,5-7,10,15-16H,4,8-9,11-12H2,(H,23,24)/t15-,16+/m1/s1. The van der Waals surface area contributed by atoms with E-state index in [1.807, 2.05) is 42.5 Å². The maximum atomic E-state index is 12.9. The van der Waals surface area contributed by atoms with Gasteiger partial charge in [0.2, 0.25) is 5.91 Å². The molecule has 0 saturated heterocycles. The van der Waals surface area contributed by atoms with Gasteiger partial charge in [-0.3, -0.25) is 4.79 Å². The van der Waals surface area contributed by atoms with E-state index >= 15 is 0 Å². The van der Waals surface area contributed by atoms with E-state index in [1.54, 1.807) is 0 Å². The molecule has 0 radical (unpaired) electrons. The second-order valence-corrected chi connectivity index (χ2v) is 6.48. The molecule has 0 unspecified atom stereocenters. The predicted octanol–water partition coefficient (Wildman–Crippen LogP) is 4.62. The van der Waals surface area contributed by atoms with Crippen molar-refractivity contribution >= 4 is 16.7 Å². The highest BCUT2D eigenvalue weighted by atomic mass is 19.4. The zero-order valence-corrected chi connectivity index (χ0v) is 13.3. The first kappa shape index (κ1) is 16.8. The summed E-state index contributed by atoms with van der Waals surface area (Å²) >= 11 is 0. The Balaban J connectivity index is 1.65. The lowest BCUT2D eigenvalue weighted by molar-refractivity contribution is -0.184. The summed E-state index contributed by atoms with van der Waals surface area (Å²) in [6.45, 7) is 0. The van der Waals surface area contributed by atoms with Gasteiger partial charge in [0.1, 0.15) is 0 Å². The quantitative estimate of drug-likeness (QED) is 0.871. The average molecular weight is 335 g/mol. The van der Waals surface area contributed by atoms with E-state index < -0.39 is 12.1 Å². The van der Waals surface area contributed by atoms with Crippen molar-refractivity contribution < 1.29 is 18.0 Å². The molecule has 2 aromatic carbocycles. The van der Waals surface area contributed by atoms with E-state index in [9.17, 15) is 18.0 Å². The zero-order chi connectivity index (χ0) is 17.2. The fourth-order valence-corrected chi connectivity index (χ4v) is 3.52. The fraction of sp³-hybridized carbons (Fsp3) is 0.421. The second-order valence-electron chi connectivity index (χ2n) is 6.48. The monoisotopic (exact) mass is 335 g/mol. The van der Waals surface area contributed by atoms with Crippen molar-refractivity contribution in [3.8, 4) is 0 Å². The fourth-order valence-electron chi connectivity index (χ4n) is 3.52. The lowest BCUT2D eigenvalue weighted by atomic mass is 9.85. The molecule has 5 heteroatoms. The Labute approximate surface area is 139 Å². The number of amides is 1. The van der Waals surface area contributed by atoms with Gasteiger partial charge in [-0.15, -0.1) is 0 Å². The van der Waals surface area contributed by atoms with E-state index in [2.05, 4.69) is 5.32 Å². The van der Waals surface area contributed by atoms with Crippen LogP contribution >= 0.6 is 0 Å². The van der Waals surface area contributed by atoms with Crippen LogP contribution in [0.1, 0.15) is 31.2 Å². The molecule has 2 nitrogen and oxygen atoms in total. The topological polar surface area (TPSA) is 29.1 Å². The minimum Gasteiger partial charge on any atom is -0.353 e. The number of carbonyl (C=O) groups is 1. The van der Waals surface area contributed by atoms with E-state index in [1.165, 1.54) is 0 Å². The summed E-state index contributed by atoms with van der Waals surface area (Å²) in [6.07, 6.45) is -2.70.